The standard InChI is InChI=1S/C9H7F2NO3/c10-7-2-1-6(5-8(7)11)12(3-4-13)9(14)15/h1-2,4-5H,3H2,(H,14,15). The van der Waals surface area contributed by atoms with Gasteiger partial charge in [-0.15, -0.1) is 0 Å². The number of carbonyl (C=O) groups is 2. The number of halogens is 2. The lowest BCUT2D eigenvalue weighted by Gasteiger charge is -2.15. The number of carbonyl (C=O) groups excluding carboxylic acids is 1. The van der Waals surface area contributed by atoms with Crippen LogP contribution in [0.25, 0.3) is 0 Å². The predicted molar refractivity (Wildman–Crippen MR) is 47.8 cm³/mol. The van der Waals surface area contributed by atoms with E-state index in [4.69, 9.17) is 5.11 Å². The maximum Gasteiger partial charge on any atom is 0.412 e. The summed E-state index contributed by atoms with van der Waals surface area (Å²) in [5.74, 6) is -2.24. The molecule has 0 saturated heterocycles. The highest BCUT2D eigenvalue weighted by molar-refractivity contribution is 5.89. The van der Waals surface area contributed by atoms with Gasteiger partial charge in [-0.05, 0) is 12.1 Å². The van der Waals surface area contributed by atoms with E-state index in [1.54, 1.807) is 0 Å². The summed E-state index contributed by atoms with van der Waals surface area (Å²) in [6.07, 6.45) is -1.05. The second-order valence-electron chi connectivity index (χ2n) is 2.66. The van der Waals surface area contributed by atoms with E-state index in [0.717, 1.165) is 12.1 Å². The van der Waals surface area contributed by atoms with Crippen molar-refractivity contribution in [1.82, 2.24) is 0 Å². The molecule has 0 fully saturated rings. The van der Waals surface area contributed by atoms with Crippen molar-refractivity contribution in [2.75, 3.05) is 11.4 Å². The van der Waals surface area contributed by atoms with Crippen LogP contribution in [0, 0.1) is 11.6 Å². The van der Waals surface area contributed by atoms with Crippen LogP contribution in [0.4, 0.5) is 19.3 Å². The normalized spacial score (nSPS) is 9.73. The van der Waals surface area contributed by atoms with E-state index in [-0.39, 0.29) is 5.69 Å². The van der Waals surface area contributed by atoms with Gasteiger partial charge in [0.15, 0.2) is 11.6 Å². The predicted octanol–water partition coefficient (Wildman–Crippen LogP) is 1.65. The summed E-state index contributed by atoms with van der Waals surface area (Å²) in [5.41, 5.74) is -0.0894. The Balaban J connectivity index is 3.06. The Morgan fingerprint density at radius 3 is 2.53 bits per heavy atom. The molecule has 1 N–H and O–H groups in total. The molecule has 0 heterocycles. The third kappa shape index (κ3) is 2.49. The van der Waals surface area contributed by atoms with Gasteiger partial charge in [0.05, 0.1) is 12.2 Å². The van der Waals surface area contributed by atoms with Crippen LogP contribution < -0.4 is 4.90 Å². The number of benzene rings is 1. The van der Waals surface area contributed by atoms with Crippen molar-refractivity contribution in [3.05, 3.63) is 29.8 Å². The van der Waals surface area contributed by atoms with Crippen molar-refractivity contribution in [3.8, 4) is 0 Å². The number of carboxylic acid groups (broad SMARTS) is 1. The summed E-state index contributed by atoms with van der Waals surface area (Å²) in [6.45, 7) is -0.430. The minimum atomic E-state index is -1.41. The van der Waals surface area contributed by atoms with Gasteiger partial charge in [0.1, 0.15) is 6.29 Å². The van der Waals surface area contributed by atoms with E-state index in [2.05, 4.69) is 0 Å². The molecule has 0 radical (unpaired) electrons. The van der Waals surface area contributed by atoms with E-state index in [1.807, 2.05) is 0 Å². The summed E-state index contributed by atoms with van der Waals surface area (Å²) in [5, 5.41) is 8.67. The van der Waals surface area contributed by atoms with E-state index in [9.17, 15) is 18.4 Å². The summed E-state index contributed by atoms with van der Waals surface area (Å²) in [6, 6.07) is 2.59. The van der Waals surface area contributed by atoms with Crippen molar-refractivity contribution < 1.29 is 23.5 Å². The average molecular weight is 215 g/mol. The van der Waals surface area contributed by atoms with E-state index in [0.29, 0.717) is 17.3 Å². The third-order valence-electron chi connectivity index (χ3n) is 1.70. The van der Waals surface area contributed by atoms with Gasteiger partial charge in [-0.25, -0.2) is 13.6 Å². The van der Waals surface area contributed by atoms with Crippen LogP contribution in [-0.2, 0) is 4.79 Å². The molecule has 15 heavy (non-hydrogen) atoms. The van der Waals surface area contributed by atoms with Crippen LogP contribution in [-0.4, -0.2) is 24.0 Å². The Bertz CT molecular complexity index is 395. The lowest BCUT2D eigenvalue weighted by molar-refractivity contribution is -0.106. The second kappa shape index (κ2) is 4.50. The fourth-order valence-electron chi connectivity index (χ4n) is 1.02. The Kier molecular flexibility index (Phi) is 3.33. The van der Waals surface area contributed by atoms with Gasteiger partial charge in [0.2, 0.25) is 0 Å². The Hall–Kier alpha value is -1.98. The maximum atomic E-state index is 12.8. The zero-order chi connectivity index (χ0) is 11.4. The number of nitrogens with zero attached hydrogens (tertiary/aromatic N) is 1. The summed E-state index contributed by atoms with van der Waals surface area (Å²) < 4.78 is 25.3. The van der Waals surface area contributed by atoms with Crippen molar-refractivity contribution in [3.63, 3.8) is 0 Å². The molecule has 0 spiro atoms. The van der Waals surface area contributed by atoms with Gasteiger partial charge in [0, 0.05) is 6.07 Å². The molecule has 0 aliphatic rings. The van der Waals surface area contributed by atoms with Crippen molar-refractivity contribution in [2.45, 2.75) is 0 Å². The van der Waals surface area contributed by atoms with Crippen LogP contribution in [0.2, 0.25) is 0 Å². The van der Waals surface area contributed by atoms with Crippen LogP contribution in [0.5, 0.6) is 0 Å². The summed E-state index contributed by atoms with van der Waals surface area (Å²) >= 11 is 0. The molecule has 1 rings (SSSR count). The van der Waals surface area contributed by atoms with Crippen LogP contribution in [0.15, 0.2) is 18.2 Å². The first-order chi connectivity index (χ1) is 7.06. The maximum absolute atomic E-state index is 12.8. The second-order valence-corrected chi connectivity index (χ2v) is 2.66. The number of amides is 1. The van der Waals surface area contributed by atoms with E-state index in [1.165, 1.54) is 0 Å². The molecule has 0 aromatic heterocycles. The SMILES string of the molecule is O=CCN(C(=O)O)c1ccc(F)c(F)c1. The fraction of sp³-hybridized carbons (Fsp3) is 0.111. The zero-order valence-corrected chi connectivity index (χ0v) is 7.48. The molecule has 1 aromatic carbocycles. The van der Waals surface area contributed by atoms with Gasteiger partial charge < -0.3 is 9.90 Å². The minimum absolute atomic E-state index is 0.0894. The molecule has 80 valence electrons. The van der Waals surface area contributed by atoms with Crippen molar-refractivity contribution in [2.24, 2.45) is 0 Å². The highest BCUT2D eigenvalue weighted by atomic mass is 19.2. The molecule has 0 unspecified atom stereocenters. The van der Waals surface area contributed by atoms with Gasteiger partial charge in [0.25, 0.3) is 0 Å². The Morgan fingerprint density at radius 1 is 1.40 bits per heavy atom. The highest BCUT2D eigenvalue weighted by Crippen LogP contribution is 2.17. The summed E-state index contributed by atoms with van der Waals surface area (Å²) in [4.78, 5) is 21.4. The van der Waals surface area contributed by atoms with Gasteiger partial charge in [-0.2, -0.15) is 0 Å². The first kappa shape index (κ1) is 11.1. The number of anilines is 1. The van der Waals surface area contributed by atoms with Crippen molar-refractivity contribution in [1.29, 1.82) is 0 Å². The van der Waals surface area contributed by atoms with Crippen molar-refractivity contribution >= 4 is 18.1 Å². The van der Waals surface area contributed by atoms with Gasteiger partial charge in [-0.1, -0.05) is 0 Å². The lowest BCUT2D eigenvalue weighted by Crippen LogP contribution is -2.31. The quantitative estimate of drug-likeness (QED) is 0.780. The largest absolute Gasteiger partial charge is 0.465 e. The average Bonchev–Trinajstić information content (AvgIpc) is 2.18. The van der Waals surface area contributed by atoms with Crippen LogP contribution in [0.3, 0.4) is 0 Å². The monoisotopic (exact) mass is 215 g/mol. The number of hydrogen-bond donors (Lipinski definition) is 1. The molecule has 6 heteroatoms. The molecule has 0 bridgehead atoms. The smallest absolute Gasteiger partial charge is 0.412 e. The lowest BCUT2D eigenvalue weighted by atomic mass is 10.3. The molecule has 1 amide bonds. The highest BCUT2D eigenvalue weighted by Gasteiger charge is 2.15. The van der Waals surface area contributed by atoms with Gasteiger partial charge >= 0.3 is 6.09 Å². The molecule has 1 aromatic rings. The first-order valence-corrected chi connectivity index (χ1v) is 3.95. The molecule has 0 atom stereocenters. The van der Waals surface area contributed by atoms with Crippen LogP contribution in [0.1, 0.15) is 0 Å². The number of rotatable bonds is 3. The third-order valence-corrected chi connectivity index (χ3v) is 1.70. The number of aldehydes is 1. The first-order valence-electron chi connectivity index (χ1n) is 3.95. The molecule has 0 aliphatic carbocycles. The van der Waals surface area contributed by atoms with E-state index >= 15 is 0 Å². The summed E-state index contributed by atoms with van der Waals surface area (Å²) in [7, 11) is 0. The zero-order valence-electron chi connectivity index (χ0n) is 7.48. The molecular weight excluding hydrogens is 208 g/mol. The topological polar surface area (TPSA) is 57.6 Å². The molecule has 4 nitrogen and oxygen atoms in total. The molecular formula is C9H7F2NO3. The Morgan fingerprint density at radius 2 is 2.07 bits per heavy atom. The minimum Gasteiger partial charge on any atom is -0.465 e. The Labute approximate surface area is 83.7 Å². The fourth-order valence-corrected chi connectivity index (χ4v) is 1.02. The van der Waals surface area contributed by atoms with Crippen LogP contribution >= 0.6 is 0 Å². The van der Waals surface area contributed by atoms with E-state index < -0.39 is 24.3 Å². The van der Waals surface area contributed by atoms with Gasteiger partial charge in [-0.3, -0.25) is 4.90 Å². The molecule has 0 aliphatic heterocycles. The number of hydrogen-bond acceptors (Lipinski definition) is 2. The molecule has 0 saturated carbocycles.